The Morgan fingerprint density at radius 3 is 2.55 bits per heavy atom. The van der Waals surface area contributed by atoms with E-state index in [2.05, 4.69) is 5.32 Å². The minimum atomic E-state index is -0.662. The van der Waals surface area contributed by atoms with Gasteiger partial charge in [0.1, 0.15) is 11.8 Å². The lowest BCUT2D eigenvalue weighted by atomic mass is 10.1. The van der Waals surface area contributed by atoms with Gasteiger partial charge < -0.3 is 15.0 Å². The lowest BCUT2D eigenvalue weighted by Crippen LogP contribution is -2.49. The van der Waals surface area contributed by atoms with Gasteiger partial charge in [-0.25, -0.2) is 0 Å². The van der Waals surface area contributed by atoms with Crippen LogP contribution in [-0.2, 0) is 16.1 Å². The van der Waals surface area contributed by atoms with E-state index in [-0.39, 0.29) is 25.0 Å². The second-order valence-corrected chi connectivity index (χ2v) is 7.66. The Hall–Kier alpha value is -2.24. The van der Waals surface area contributed by atoms with Gasteiger partial charge in [0.25, 0.3) is 5.91 Å². The highest BCUT2D eigenvalue weighted by molar-refractivity contribution is 6.42. The third-order valence-electron chi connectivity index (χ3n) is 4.41. The Kier molecular flexibility index (Phi) is 8.80. The second-order valence-electron chi connectivity index (χ2n) is 6.84. The molecule has 2 amide bonds. The number of nitrogens with zero attached hydrogens (tertiary/aromatic N) is 1. The molecule has 0 saturated carbocycles. The number of benzene rings is 2. The molecule has 0 aliphatic heterocycles. The zero-order chi connectivity index (χ0) is 21.4. The molecule has 1 atom stereocenters. The van der Waals surface area contributed by atoms with Crippen LogP contribution in [0.25, 0.3) is 0 Å². The standard InChI is InChI=1S/C22H26Cl2N2O3/c1-4-10-25-22(28)16(3)26(13-17-8-9-19(23)20(24)12-17)21(27)14-29-18-7-5-6-15(2)11-18/h5-9,11-12,16H,4,10,13-14H2,1-3H3,(H,25,28)/t16-/m0/s1. The molecule has 5 nitrogen and oxygen atoms in total. The van der Waals surface area contributed by atoms with Crippen LogP contribution in [0.4, 0.5) is 0 Å². The fourth-order valence-corrected chi connectivity index (χ4v) is 3.07. The second kappa shape index (κ2) is 11.1. The number of rotatable bonds is 9. The molecule has 0 aliphatic carbocycles. The summed E-state index contributed by atoms with van der Waals surface area (Å²) < 4.78 is 5.65. The summed E-state index contributed by atoms with van der Waals surface area (Å²) in [6.07, 6.45) is 0.815. The average molecular weight is 437 g/mol. The third kappa shape index (κ3) is 6.94. The maximum absolute atomic E-state index is 12.9. The van der Waals surface area contributed by atoms with Crippen molar-refractivity contribution in [1.82, 2.24) is 10.2 Å². The van der Waals surface area contributed by atoms with Crippen molar-refractivity contribution in [2.45, 2.75) is 39.8 Å². The van der Waals surface area contributed by atoms with Crippen molar-refractivity contribution in [3.8, 4) is 5.75 Å². The Morgan fingerprint density at radius 1 is 1.14 bits per heavy atom. The zero-order valence-corrected chi connectivity index (χ0v) is 18.4. The summed E-state index contributed by atoms with van der Waals surface area (Å²) in [5.41, 5.74) is 1.81. The van der Waals surface area contributed by atoms with Crippen molar-refractivity contribution in [2.75, 3.05) is 13.2 Å². The van der Waals surface area contributed by atoms with Gasteiger partial charge in [-0.15, -0.1) is 0 Å². The van der Waals surface area contributed by atoms with E-state index in [0.717, 1.165) is 17.5 Å². The lowest BCUT2D eigenvalue weighted by Gasteiger charge is -2.29. The topological polar surface area (TPSA) is 58.6 Å². The maximum atomic E-state index is 12.9. The quantitative estimate of drug-likeness (QED) is 0.623. The number of hydrogen-bond donors (Lipinski definition) is 1. The fraction of sp³-hybridized carbons (Fsp3) is 0.364. The van der Waals surface area contributed by atoms with Crippen LogP contribution in [0.1, 0.15) is 31.4 Å². The van der Waals surface area contributed by atoms with Gasteiger partial charge in [0.2, 0.25) is 5.91 Å². The minimum Gasteiger partial charge on any atom is -0.484 e. The zero-order valence-electron chi connectivity index (χ0n) is 16.9. The van der Waals surface area contributed by atoms with Crippen molar-refractivity contribution >= 4 is 35.0 Å². The van der Waals surface area contributed by atoms with Gasteiger partial charge in [0.05, 0.1) is 10.0 Å². The molecule has 2 aromatic carbocycles. The van der Waals surface area contributed by atoms with Crippen LogP contribution in [0, 0.1) is 6.92 Å². The molecule has 156 valence electrons. The van der Waals surface area contributed by atoms with Crippen molar-refractivity contribution in [3.63, 3.8) is 0 Å². The number of carbonyl (C=O) groups is 2. The minimum absolute atomic E-state index is 0.170. The van der Waals surface area contributed by atoms with Crippen LogP contribution in [0.5, 0.6) is 5.75 Å². The summed E-state index contributed by atoms with van der Waals surface area (Å²) in [5.74, 6) is 0.100. The number of nitrogens with one attached hydrogen (secondary N) is 1. The van der Waals surface area contributed by atoms with Crippen molar-refractivity contribution in [3.05, 3.63) is 63.6 Å². The molecule has 1 N–H and O–H groups in total. The maximum Gasteiger partial charge on any atom is 0.261 e. The highest BCUT2D eigenvalue weighted by atomic mass is 35.5. The summed E-state index contributed by atoms with van der Waals surface area (Å²) in [6.45, 7) is 6.22. The Balaban J connectivity index is 2.16. The summed E-state index contributed by atoms with van der Waals surface area (Å²) in [4.78, 5) is 26.9. The first-order chi connectivity index (χ1) is 13.8. The molecule has 0 saturated heterocycles. The fourth-order valence-electron chi connectivity index (χ4n) is 2.75. The molecule has 0 aliphatic rings. The van der Waals surface area contributed by atoms with E-state index in [1.165, 1.54) is 4.90 Å². The van der Waals surface area contributed by atoms with E-state index in [1.54, 1.807) is 31.2 Å². The van der Waals surface area contributed by atoms with E-state index >= 15 is 0 Å². The molecule has 0 spiro atoms. The van der Waals surface area contributed by atoms with Crippen LogP contribution in [0.2, 0.25) is 10.0 Å². The van der Waals surface area contributed by atoms with Crippen LogP contribution in [0.3, 0.4) is 0 Å². The molecule has 0 bridgehead atoms. The number of hydrogen-bond acceptors (Lipinski definition) is 3. The largest absolute Gasteiger partial charge is 0.484 e. The molecule has 0 unspecified atom stereocenters. The normalized spacial score (nSPS) is 11.6. The van der Waals surface area contributed by atoms with Gasteiger partial charge in [-0.05, 0) is 55.7 Å². The summed E-state index contributed by atoms with van der Waals surface area (Å²) >= 11 is 12.1. The highest BCUT2D eigenvalue weighted by Crippen LogP contribution is 2.24. The van der Waals surface area contributed by atoms with E-state index in [1.807, 2.05) is 32.0 Å². The Labute approximate surface area is 181 Å². The first kappa shape index (κ1) is 23.0. The SMILES string of the molecule is CCCNC(=O)[C@H](C)N(Cc1ccc(Cl)c(Cl)c1)C(=O)COc1cccc(C)c1. The highest BCUT2D eigenvalue weighted by Gasteiger charge is 2.26. The van der Waals surface area contributed by atoms with Gasteiger partial charge in [0, 0.05) is 13.1 Å². The first-order valence-corrected chi connectivity index (χ1v) is 10.3. The van der Waals surface area contributed by atoms with Gasteiger partial charge in [-0.2, -0.15) is 0 Å². The van der Waals surface area contributed by atoms with Gasteiger partial charge in [-0.3, -0.25) is 9.59 Å². The lowest BCUT2D eigenvalue weighted by molar-refractivity contribution is -0.142. The Bertz CT molecular complexity index is 858. The van der Waals surface area contributed by atoms with E-state index < -0.39 is 6.04 Å². The molecular weight excluding hydrogens is 411 g/mol. The van der Waals surface area contributed by atoms with E-state index in [4.69, 9.17) is 27.9 Å². The summed E-state index contributed by atoms with van der Waals surface area (Å²) in [5, 5.41) is 3.67. The van der Waals surface area contributed by atoms with Gasteiger partial charge in [-0.1, -0.05) is 48.3 Å². The number of aryl methyl sites for hydroxylation is 1. The van der Waals surface area contributed by atoms with Gasteiger partial charge >= 0.3 is 0 Å². The molecular formula is C22H26Cl2N2O3. The average Bonchev–Trinajstić information content (AvgIpc) is 2.70. The predicted octanol–water partition coefficient (Wildman–Crippen LogP) is 4.62. The van der Waals surface area contributed by atoms with Crippen LogP contribution < -0.4 is 10.1 Å². The van der Waals surface area contributed by atoms with Crippen molar-refractivity contribution in [2.24, 2.45) is 0 Å². The molecule has 0 heterocycles. The smallest absolute Gasteiger partial charge is 0.261 e. The third-order valence-corrected chi connectivity index (χ3v) is 5.14. The molecule has 2 rings (SSSR count). The summed E-state index contributed by atoms with van der Waals surface area (Å²) in [7, 11) is 0. The monoisotopic (exact) mass is 436 g/mol. The van der Waals surface area contributed by atoms with Crippen molar-refractivity contribution in [1.29, 1.82) is 0 Å². The number of halogens is 2. The first-order valence-electron chi connectivity index (χ1n) is 9.52. The number of carbonyl (C=O) groups excluding carboxylic acids is 2. The predicted molar refractivity (Wildman–Crippen MR) is 116 cm³/mol. The van der Waals surface area contributed by atoms with Crippen molar-refractivity contribution < 1.29 is 14.3 Å². The molecule has 0 radical (unpaired) electrons. The molecule has 0 aromatic heterocycles. The Morgan fingerprint density at radius 2 is 1.90 bits per heavy atom. The van der Waals surface area contributed by atoms with Crippen LogP contribution in [0.15, 0.2) is 42.5 Å². The van der Waals surface area contributed by atoms with Crippen LogP contribution >= 0.6 is 23.2 Å². The van der Waals surface area contributed by atoms with Crippen LogP contribution in [-0.4, -0.2) is 35.9 Å². The molecule has 2 aromatic rings. The molecule has 0 fully saturated rings. The van der Waals surface area contributed by atoms with E-state index in [9.17, 15) is 9.59 Å². The molecule has 29 heavy (non-hydrogen) atoms. The van der Waals surface area contributed by atoms with Gasteiger partial charge in [0.15, 0.2) is 6.61 Å². The number of amides is 2. The number of ether oxygens (including phenoxy) is 1. The summed E-state index contributed by atoms with van der Waals surface area (Å²) in [6, 6.07) is 12.0. The van der Waals surface area contributed by atoms with E-state index in [0.29, 0.717) is 22.3 Å². The molecule has 7 heteroatoms.